The summed E-state index contributed by atoms with van der Waals surface area (Å²) in [7, 11) is 2.04. The maximum atomic E-state index is 13.4. The van der Waals surface area contributed by atoms with Crippen molar-refractivity contribution in [2.24, 2.45) is 0 Å². The predicted octanol–water partition coefficient (Wildman–Crippen LogP) is 4.85. The summed E-state index contributed by atoms with van der Waals surface area (Å²) in [6, 6.07) is 20.6. The van der Waals surface area contributed by atoms with Crippen LogP contribution in [0.4, 0.5) is 5.69 Å². The minimum absolute atomic E-state index is 0.118. The number of carboxylic acids is 1. The van der Waals surface area contributed by atoms with Gasteiger partial charge >= 0.3 is 5.97 Å². The zero-order valence-electron chi connectivity index (χ0n) is 20.5. The van der Waals surface area contributed by atoms with Crippen LogP contribution in [0, 0.1) is 13.8 Å². The van der Waals surface area contributed by atoms with Crippen molar-refractivity contribution >= 4 is 28.5 Å². The van der Waals surface area contributed by atoms with E-state index in [1.165, 1.54) is 0 Å². The van der Waals surface area contributed by atoms with Crippen LogP contribution in [0.15, 0.2) is 66.7 Å². The zero-order valence-corrected chi connectivity index (χ0v) is 20.5. The van der Waals surface area contributed by atoms with Gasteiger partial charge in [-0.05, 0) is 67.4 Å². The molecule has 7 heteroatoms. The first-order valence-corrected chi connectivity index (χ1v) is 11.9. The molecule has 0 spiro atoms. The fraction of sp³-hybridized carbons (Fsp3) is 0.241. The van der Waals surface area contributed by atoms with Gasteiger partial charge in [-0.25, -0.2) is 0 Å². The third-order valence-corrected chi connectivity index (χ3v) is 6.61. The van der Waals surface area contributed by atoms with Crippen LogP contribution < -0.4 is 14.4 Å². The predicted molar refractivity (Wildman–Crippen MR) is 139 cm³/mol. The third-order valence-electron chi connectivity index (χ3n) is 6.61. The Hall–Kier alpha value is -4.26. The molecule has 2 heterocycles. The van der Waals surface area contributed by atoms with Gasteiger partial charge in [0.15, 0.2) is 0 Å². The lowest BCUT2D eigenvalue weighted by molar-refractivity contribution is -0.136. The average molecular weight is 485 g/mol. The Bertz CT molecular complexity index is 1450. The Kier molecular flexibility index (Phi) is 6.14. The molecular formula is C29H28N2O5. The number of aryl methyl sites for hydroxylation is 1. The van der Waals surface area contributed by atoms with Crippen molar-refractivity contribution < 1.29 is 24.2 Å². The number of anilines is 1. The quantitative estimate of drug-likeness (QED) is 0.421. The number of aromatic nitrogens is 1. The summed E-state index contributed by atoms with van der Waals surface area (Å²) in [5.41, 5.74) is 4.69. The Morgan fingerprint density at radius 2 is 1.81 bits per heavy atom. The third kappa shape index (κ3) is 4.40. The number of para-hydroxylation sites is 1. The molecule has 0 amide bonds. The second-order valence-corrected chi connectivity index (χ2v) is 9.22. The van der Waals surface area contributed by atoms with Gasteiger partial charge < -0.3 is 19.5 Å². The number of ether oxygens (including phenoxy) is 2. The summed E-state index contributed by atoms with van der Waals surface area (Å²) in [6.45, 7) is 4.92. The molecule has 0 saturated carbocycles. The summed E-state index contributed by atoms with van der Waals surface area (Å²) < 4.78 is 13.7. The lowest BCUT2D eigenvalue weighted by atomic mass is 10.1. The fourth-order valence-electron chi connectivity index (χ4n) is 4.82. The zero-order chi connectivity index (χ0) is 25.4. The van der Waals surface area contributed by atoms with E-state index in [0.29, 0.717) is 41.2 Å². The molecule has 3 aromatic carbocycles. The van der Waals surface area contributed by atoms with E-state index in [4.69, 9.17) is 9.47 Å². The van der Waals surface area contributed by atoms with Crippen LogP contribution in [0.1, 0.15) is 27.2 Å². The standard InChI is InChI=1S/C29H28N2O5/c1-18-8-13-26-27(14-18)36-22(16-30(26)3)17-35-21-11-9-20(10-12-21)29(34)31-19(2)24(15-28(32)33)23-6-4-5-7-25(23)31/h4-14,22H,15-17H2,1-3H3,(H,32,33)/t22-/m0/s1. The Labute approximate surface area is 209 Å². The van der Waals surface area contributed by atoms with Crippen molar-refractivity contribution in [3.05, 3.63) is 89.1 Å². The van der Waals surface area contributed by atoms with Gasteiger partial charge in [0.25, 0.3) is 5.91 Å². The maximum Gasteiger partial charge on any atom is 0.307 e. The van der Waals surface area contributed by atoms with Crippen LogP contribution in [0.5, 0.6) is 11.5 Å². The maximum absolute atomic E-state index is 13.4. The number of carbonyl (C=O) groups is 2. The molecule has 0 bridgehead atoms. The summed E-state index contributed by atoms with van der Waals surface area (Å²) in [5.74, 6) is 0.362. The number of carboxylic acid groups (broad SMARTS) is 1. The minimum atomic E-state index is -0.929. The van der Waals surface area contributed by atoms with Crippen LogP contribution in [0.2, 0.25) is 0 Å². The van der Waals surface area contributed by atoms with Crippen molar-refractivity contribution in [2.45, 2.75) is 26.4 Å². The number of carbonyl (C=O) groups excluding carboxylic acids is 1. The van der Waals surface area contributed by atoms with Crippen molar-refractivity contribution in [1.29, 1.82) is 0 Å². The van der Waals surface area contributed by atoms with E-state index in [1.54, 1.807) is 35.8 Å². The molecule has 4 aromatic rings. The molecule has 1 aliphatic rings. The van der Waals surface area contributed by atoms with E-state index >= 15 is 0 Å². The molecule has 1 atom stereocenters. The summed E-state index contributed by atoms with van der Waals surface area (Å²) in [5, 5.41) is 10.1. The molecule has 1 aliphatic heterocycles. The number of benzene rings is 3. The topological polar surface area (TPSA) is 81.0 Å². The second kappa shape index (κ2) is 9.41. The highest BCUT2D eigenvalue weighted by Gasteiger charge is 2.24. The first-order chi connectivity index (χ1) is 17.3. The van der Waals surface area contributed by atoms with Gasteiger partial charge in [-0.2, -0.15) is 0 Å². The van der Waals surface area contributed by atoms with E-state index in [1.807, 2.05) is 44.3 Å². The highest BCUT2D eigenvalue weighted by Crippen LogP contribution is 2.33. The van der Waals surface area contributed by atoms with Gasteiger partial charge in [0, 0.05) is 23.7 Å². The van der Waals surface area contributed by atoms with Crippen LogP contribution in [-0.2, 0) is 11.2 Å². The fourth-order valence-corrected chi connectivity index (χ4v) is 4.82. The number of fused-ring (bicyclic) bond motifs is 2. The molecule has 1 N–H and O–H groups in total. The van der Waals surface area contributed by atoms with Crippen LogP contribution in [0.3, 0.4) is 0 Å². The molecule has 0 saturated heterocycles. The smallest absolute Gasteiger partial charge is 0.307 e. The minimum Gasteiger partial charge on any atom is -0.490 e. The van der Waals surface area contributed by atoms with E-state index < -0.39 is 5.97 Å². The molecular weight excluding hydrogens is 456 g/mol. The van der Waals surface area contributed by atoms with E-state index in [2.05, 4.69) is 17.0 Å². The van der Waals surface area contributed by atoms with Gasteiger partial charge in [-0.1, -0.05) is 24.3 Å². The molecule has 0 unspecified atom stereocenters. The summed E-state index contributed by atoms with van der Waals surface area (Å²) in [6.07, 6.45) is -0.255. The first-order valence-electron chi connectivity index (χ1n) is 11.9. The highest BCUT2D eigenvalue weighted by molar-refractivity contribution is 6.04. The van der Waals surface area contributed by atoms with E-state index in [9.17, 15) is 14.7 Å². The second-order valence-electron chi connectivity index (χ2n) is 9.22. The number of hydrogen-bond acceptors (Lipinski definition) is 5. The Morgan fingerprint density at radius 3 is 2.56 bits per heavy atom. The molecule has 184 valence electrons. The van der Waals surface area contributed by atoms with Crippen molar-refractivity contribution in [3.63, 3.8) is 0 Å². The normalized spacial score (nSPS) is 14.9. The molecule has 0 aliphatic carbocycles. The molecule has 36 heavy (non-hydrogen) atoms. The lowest BCUT2D eigenvalue weighted by Gasteiger charge is -2.33. The van der Waals surface area contributed by atoms with Crippen LogP contribution in [0.25, 0.3) is 10.9 Å². The number of nitrogens with zero attached hydrogens (tertiary/aromatic N) is 2. The largest absolute Gasteiger partial charge is 0.490 e. The number of rotatable bonds is 6. The van der Waals surface area contributed by atoms with Gasteiger partial charge in [0.2, 0.25) is 0 Å². The Balaban J connectivity index is 1.31. The van der Waals surface area contributed by atoms with Crippen LogP contribution >= 0.6 is 0 Å². The molecule has 0 radical (unpaired) electrons. The average Bonchev–Trinajstić information content (AvgIpc) is 3.13. The monoisotopic (exact) mass is 484 g/mol. The number of hydrogen-bond donors (Lipinski definition) is 1. The molecule has 5 rings (SSSR count). The SMILES string of the molecule is Cc1ccc2c(c1)O[C@H](COc1ccc(C(=O)n3c(C)c(CC(=O)O)c4ccccc43)cc1)CN2C. The van der Waals surface area contributed by atoms with Gasteiger partial charge in [-0.3, -0.25) is 14.2 Å². The Morgan fingerprint density at radius 1 is 1.06 bits per heavy atom. The van der Waals surface area contributed by atoms with Gasteiger partial charge in [0.05, 0.1) is 24.2 Å². The van der Waals surface area contributed by atoms with Crippen molar-refractivity contribution in [3.8, 4) is 11.5 Å². The highest BCUT2D eigenvalue weighted by atomic mass is 16.5. The van der Waals surface area contributed by atoms with Crippen molar-refractivity contribution in [2.75, 3.05) is 25.1 Å². The van der Waals surface area contributed by atoms with Gasteiger partial charge in [-0.15, -0.1) is 0 Å². The summed E-state index contributed by atoms with van der Waals surface area (Å²) in [4.78, 5) is 27.0. The number of aliphatic carboxylic acids is 1. The molecule has 1 aromatic heterocycles. The number of likely N-dealkylation sites (N-methyl/N-ethyl adjacent to an activating group) is 1. The van der Waals surface area contributed by atoms with Crippen LogP contribution in [-0.4, -0.2) is 47.9 Å². The van der Waals surface area contributed by atoms with Gasteiger partial charge in [0.1, 0.15) is 24.2 Å². The van der Waals surface area contributed by atoms with Crippen molar-refractivity contribution in [1.82, 2.24) is 4.57 Å². The first kappa shape index (κ1) is 23.5. The van der Waals surface area contributed by atoms with E-state index in [-0.39, 0.29) is 18.4 Å². The summed E-state index contributed by atoms with van der Waals surface area (Å²) >= 11 is 0. The molecule has 0 fully saturated rings. The molecule has 7 nitrogen and oxygen atoms in total. The lowest BCUT2D eigenvalue weighted by Crippen LogP contribution is -2.41. The van der Waals surface area contributed by atoms with E-state index in [0.717, 1.165) is 22.4 Å².